The van der Waals surface area contributed by atoms with Gasteiger partial charge in [0.15, 0.2) is 0 Å². The number of carbonyl (C=O) groups excluding carboxylic acids is 1. The molecule has 0 spiro atoms. The molecule has 0 bridgehead atoms. The summed E-state index contributed by atoms with van der Waals surface area (Å²) in [4.78, 5) is 12.1. The van der Waals surface area contributed by atoms with E-state index >= 15 is 0 Å². The lowest BCUT2D eigenvalue weighted by Crippen LogP contribution is -2.36. The quantitative estimate of drug-likeness (QED) is 0.719. The fourth-order valence-corrected chi connectivity index (χ4v) is 2.33. The topological polar surface area (TPSA) is 70.6 Å². The maximum Gasteiger partial charge on any atom is 0.315 e. The van der Waals surface area contributed by atoms with Gasteiger partial charge in [0.2, 0.25) is 0 Å². The summed E-state index contributed by atoms with van der Waals surface area (Å²) in [6.45, 7) is 2.40. The van der Waals surface area contributed by atoms with Gasteiger partial charge in [-0.25, -0.2) is 4.79 Å². The third-order valence-corrected chi connectivity index (χ3v) is 3.73. The number of nitrogens with one attached hydrogen (secondary N) is 2. The molecule has 24 heavy (non-hydrogen) atoms. The van der Waals surface area contributed by atoms with Crippen LogP contribution in [0.1, 0.15) is 24.1 Å². The summed E-state index contributed by atoms with van der Waals surface area (Å²) in [7, 11) is 0. The van der Waals surface area contributed by atoms with E-state index in [1.165, 1.54) is 0 Å². The molecule has 2 amide bonds. The monoisotopic (exact) mass is 348 g/mol. The van der Waals surface area contributed by atoms with Crippen LogP contribution in [0.3, 0.4) is 0 Å². The van der Waals surface area contributed by atoms with Gasteiger partial charge in [-0.3, -0.25) is 0 Å². The van der Waals surface area contributed by atoms with Crippen molar-refractivity contribution in [2.24, 2.45) is 0 Å². The molecule has 0 heterocycles. The molecule has 2 rings (SSSR count). The van der Waals surface area contributed by atoms with Gasteiger partial charge in [-0.05, 0) is 30.7 Å². The van der Waals surface area contributed by atoms with Crippen molar-refractivity contribution in [2.75, 3.05) is 13.2 Å². The van der Waals surface area contributed by atoms with Crippen LogP contribution in [-0.2, 0) is 6.54 Å². The SMILES string of the molecule is C[C@H](NC(=O)NCc1ccccc1OCCO)c1ccc(Cl)cc1. The van der Waals surface area contributed by atoms with Crippen LogP contribution in [0.4, 0.5) is 4.79 Å². The van der Waals surface area contributed by atoms with Crippen LogP contribution in [-0.4, -0.2) is 24.4 Å². The fraction of sp³-hybridized carbons (Fsp3) is 0.278. The Morgan fingerprint density at radius 3 is 2.62 bits per heavy atom. The van der Waals surface area contributed by atoms with E-state index in [0.29, 0.717) is 17.3 Å². The lowest BCUT2D eigenvalue weighted by atomic mass is 10.1. The maximum absolute atomic E-state index is 12.1. The molecule has 128 valence electrons. The summed E-state index contributed by atoms with van der Waals surface area (Å²) in [5.74, 6) is 0.651. The van der Waals surface area contributed by atoms with Crippen LogP contribution in [0.15, 0.2) is 48.5 Å². The standard InChI is InChI=1S/C18H21ClN2O3/c1-13(14-6-8-16(19)9-7-14)21-18(23)20-12-15-4-2-3-5-17(15)24-11-10-22/h2-9,13,22H,10-12H2,1H3,(H2,20,21,23)/t13-/m0/s1. The summed E-state index contributed by atoms with van der Waals surface area (Å²) < 4.78 is 5.45. The lowest BCUT2D eigenvalue weighted by molar-refractivity contribution is 0.200. The van der Waals surface area contributed by atoms with E-state index in [-0.39, 0.29) is 25.3 Å². The summed E-state index contributed by atoms with van der Waals surface area (Å²) in [6, 6.07) is 14.3. The number of hydrogen-bond acceptors (Lipinski definition) is 3. The molecule has 0 saturated heterocycles. The molecule has 1 atom stereocenters. The van der Waals surface area contributed by atoms with Gasteiger partial charge in [0, 0.05) is 17.1 Å². The van der Waals surface area contributed by atoms with Crippen molar-refractivity contribution in [3.63, 3.8) is 0 Å². The highest BCUT2D eigenvalue weighted by atomic mass is 35.5. The summed E-state index contributed by atoms with van der Waals surface area (Å²) in [5.41, 5.74) is 1.82. The Kier molecular flexibility index (Phi) is 6.90. The molecule has 0 aromatic heterocycles. The van der Waals surface area contributed by atoms with Crippen molar-refractivity contribution in [2.45, 2.75) is 19.5 Å². The van der Waals surface area contributed by atoms with Gasteiger partial charge in [0.1, 0.15) is 12.4 Å². The number of aliphatic hydroxyl groups is 1. The first-order valence-electron chi connectivity index (χ1n) is 7.71. The molecule has 0 fully saturated rings. The second-order valence-corrected chi connectivity index (χ2v) is 5.72. The normalized spacial score (nSPS) is 11.6. The minimum absolute atomic E-state index is 0.0547. The number of hydrogen-bond donors (Lipinski definition) is 3. The number of rotatable bonds is 7. The first kappa shape index (κ1) is 18.1. The van der Waals surface area contributed by atoms with Crippen LogP contribution >= 0.6 is 11.6 Å². The first-order valence-corrected chi connectivity index (χ1v) is 8.09. The van der Waals surface area contributed by atoms with E-state index < -0.39 is 0 Å². The van der Waals surface area contributed by atoms with Crippen LogP contribution in [0.5, 0.6) is 5.75 Å². The Labute approximate surface area is 146 Å². The Bertz CT molecular complexity index is 662. The lowest BCUT2D eigenvalue weighted by Gasteiger charge is -2.16. The van der Waals surface area contributed by atoms with Crippen molar-refractivity contribution in [1.29, 1.82) is 0 Å². The minimum atomic E-state index is -0.269. The van der Waals surface area contributed by atoms with Crippen LogP contribution in [0.25, 0.3) is 0 Å². The molecule has 0 saturated carbocycles. The van der Waals surface area contributed by atoms with Gasteiger partial charge in [0.25, 0.3) is 0 Å². The molecule has 0 aliphatic carbocycles. The number of amides is 2. The van der Waals surface area contributed by atoms with Gasteiger partial charge in [0.05, 0.1) is 12.6 Å². The summed E-state index contributed by atoms with van der Waals surface area (Å²) in [5, 5.41) is 15.2. The number of halogens is 1. The zero-order valence-corrected chi connectivity index (χ0v) is 14.2. The maximum atomic E-state index is 12.1. The highest BCUT2D eigenvalue weighted by Gasteiger charge is 2.10. The van der Waals surface area contributed by atoms with Crippen LogP contribution in [0.2, 0.25) is 5.02 Å². The molecule has 6 heteroatoms. The number of ether oxygens (including phenoxy) is 1. The molecule has 3 N–H and O–H groups in total. The van der Waals surface area contributed by atoms with E-state index in [9.17, 15) is 4.79 Å². The van der Waals surface area contributed by atoms with Gasteiger partial charge < -0.3 is 20.5 Å². The average Bonchev–Trinajstić information content (AvgIpc) is 2.59. The highest BCUT2D eigenvalue weighted by molar-refractivity contribution is 6.30. The van der Waals surface area contributed by atoms with Crippen molar-refractivity contribution in [3.8, 4) is 5.75 Å². The molecule has 0 aliphatic heterocycles. The van der Waals surface area contributed by atoms with Crippen molar-refractivity contribution < 1.29 is 14.6 Å². The van der Waals surface area contributed by atoms with Crippen molar-refractivity contribution in [3.05, 3.63) is 64.7 Å². The molecule has 2 aromatic rings. The second-order valence-electron chi connectivity index (χ2n) is 5.28. The Balaban J connectivity index is 1.88. The minimum Gasteiger partial charge on any atom is -0.491 e. The number of carbonyl (C=O) groups is 1. The van der Waals surface area contributed by atoms with E-state index in [1.54, 1.807) is 18.2 Å². The fourth-order valence-electron chi connectivity index (χ4n) is 2.20. The third-order valence-electron chi connectivity index (χ3n) is 3.48. The Morgan fingerprint density at radius 1 is 1.21 bits per heavy atom. The van der Waals surface area contributed by atoms with Crippen molar-refractivity contribution >= 4 is 17.6 Å². The summed E-state index contributed by atoms with van der Waals surface area (Å²) in [6.07, 6.45) is 0. The van der Waals surface area contributed by atoms with E-state index in [4.69, 9.17) is 21.4 Å². The first-order chi connectivity index (χ1) is 11.6. The summed E-state index contributed by atoms with van der Waals surface area (Å²) >= 11 is 5.86. The number of para-hydroxylation sites is 1. The van der Waals surface area contributed by atoms with E-state index in [2.05, 4.69) is 10.6 Å². The predicted octanol–water partition coefficient (Wildman–Crippen LogP) is 3.27. The number of benzene rings is 2. The Hall–Kier alpha value is -2.24. The van der Waals surface area contributed by atoms with Gasteiger partial charge >= 0.3 is 6.03 Å². The zero-order valence-electron chi connectivity index (χ0n) is 13.5. The molecular weight excluding hydrogens is 328 g/mol. The average molecular weight is 349 g/mol. The van der Waals surface area contributed by atoms with Crippen molar-refractivity contribution in [1.82, 2.24) is 10.6 Å². The van der Waals surface area contributed by atoms with Gasteiger partial charge in [-0.15, -0.1) is 0 Å². The zero-order chi connectivity index (χ0) is 17.4. The predicted molar refractivity (Wildman–Crippen MR) is 94.3 cm³/mol. The molecule has 0 unspecified atom stereocenters. The molecule has 0 radical (unpaired) electrons. The second kappa shape index (κ2) is 9.15. The molecule has 2 aromatic carbocycles. The van der Waals surface area contributed by atoms with E-state index in [1.807, 2.05) is 37.3 Å². The smallest absolute Gasteiger partial charge is 0.315 e. The molecule has 0 aliphatic rings. The number of urea groups is 1. The van der Waals surface area contributed by atoms with Gasteiger partial charge in [-0.2, -0.15) is 0 Å². The molecular formula is C18H21ClN2O3. The van der Waals surface area contributed by atoms with Gasteiger partial charge in [-0.1, -0.05) is 41.9 Å². The Morgan fingerprint density at radius 2 is 1.92 bits per heavy atom. The molecule has 5 nitrogen and oxygen atoms in total. The number of aliphatic hydroxyl groups excluding tert-OH is 1. The highest BCUT2D eigenvalue weighted by Crippen LogP contribution is 2.18. The largest absolute Gasteiger partial charge is 0.491 e. The third kappa shape index (κ3) is 5.44. The van der Waals surface area contributed by atoms with E-state index in [0.717, 1.165) is 11.1 Å². The van der Waals surface area contributed by atoms with Crippen LogP contribution in [0, 0.1) is 0 Å². The van der Waals surface area contributed by atoms with Crippen LogP contribution < -0.4 is 15.4 Å².